The predicted molar refractivity (Wildman–Crippen MR) is 117 cm³/mol. The van der Waals surface area contributed by atoms with Crippen LogP contribution >= 0.6 is 0 Å². The van der Waals surface area contributed by atoms with Crippen LogP contribution < -0.4 is 10.6 Å². The minimum atomic E-state index is -1.05. The highest BCUT2D eigenvalue weighted by molar-refractivity contribution is 5.92. The lowest BCUT2D eigenvalue weighted by Gasteiger charge is -2.30. The van der Waals surface area contributed by atoms with Crippen LogP contribution in [-0.2, 0) is 35.2 Å². The smallest absolute Gasteiger partial charge is 0.410 e. The maximum absolute atomic E-state index is 12.9. The zero-order valence-electron chi connectivity index (χ0n) is 19.5. The summed E-state index contributed by atoms with van der Waals surface area (Å²) in [5.74, 6) is -1.80. The van der Waals surface area contributed by atoms with Gasteiger partial charge in [0.15, 0.2) is 0 Å². The third-order valence-corrected chi connectivity index (χ3v) is 4.23. The number of nitrogens with one attached hydrogen (secondary N) is 2. The first-order chi connectivity index (χ1) is 14.9. The highest BCUT2D eigenvalue weighted by atomic mass is 16.6. The van der Waals surface area contributed by atoms with Crippen molar-refractivity contribution in [3.63, 3.8) is 0 Å². The second-order valence-corrected chi connectivity index (χ2v) is 8.13. The van der Waals surface area contributed by atoms with E-state index in [9.17, 15) is 19.2 Å². The van der Waals surface area contributed by atoms with Gasteiger partial charge < -0.3 is 24.8 Å². The van der Waals surface area contributed by atoms with Crippen LogP contribution in [0.25, 0.3) is 0 Å². The summed E-state index contributed by atoms with van der Waals surface area (Å²) in [7, 11) is 2.62. The number of methoxy groups -OCH3 is 1. The van der Waals surface area contributed by atoms with Gasteiger partial charge in [-0.05, 0) is 33.3 Å². The molecule has 178 valence electrons. The number of carbonyl (C=O) groups is 4. The lowest BCUT2D eigenvalue weighted by molar-refractivity contribution is -0.141. The number of carbonyl (C=O) groups excluding carboxylic acids is 4. The van der Waals surface area contributed by atoms with Gasteiger partial charge in [-0.15, -0.1) is 0 Å². The number of likely N-dealkylation sites (N-methyl/N-ethyl adjacent to an activating group) is 1. The SMILES string of the molecule is COC(=O)CNC(=O)[C@@H](C)NC(=O)[C@@H](COCc1ccccc1)N(C)C(=O)OC(C)(C)C. The fourth-order valence-electron chi connectivity index (χ4n) is 2.45. The Hall–Kier alpha value is -3.14. The Balaban J connectivity index is 2.82. The van der Waals surface area contributed by atoms with E-state index in [-0.39, 0.29) is 19.8 Å². The van der Waals surface area contributed by atoms with Gasteiger partial charge in [0.25, 0.3) is 0 Å². The Kier molecular flexibility index (Phi) is 10.6. The maximum Gasteiger partial charge on any atom is 0.410 e. The van der Waals surface area contributed by atoms with Crippen LogP contribution in [0.3, 0.4) is 0 Å². The van der Waals surface area contributed by atoms with Gasteiger partial charge in [0, 0.05) is 7.05 Å². The van der Waals surface area contributed by atoms with Crippen molar-refractivity contribution in [1.29, 1.82) is 0 Å². The van der Waals surface area contributed by atoms with Crippen molar-refractivity contribution in [3.05, 3.63) is 35.9 Å². The van der Waals surface area contributed by atoms with E-state index in [1.54, 1.807) is 20.8 Å². The summed E-state index contributed by atoms with van der Waals surface area (Å²) in [6.07, 6.45) is -0.705. The molecule has 2 N–H and O–H groups in total. The summed E-state index contributed by atoms with van der Waals surface area (Å²) in [6, 6.07) is 7.35. The Morgan fingerprint density at radius 3 is 2.25 bits per heavy atom. The molecule has 0 aliphatic carbocycles. The van der Waals surface area contributed by atoms with Crippen LogP contribution in [0.15, 0.2) is 30.3 Å². The zero-order valence-corrected chi connectivity index (χ0v) is 19.5. The van der Waals surface area contributed by atoms with Gasteiger partial charge in [0.1, 0.15) is 24.2 Å². The van der Waals surface area contributed by atoms with E-state index in [0.29, 0.717) is 0 Å². The molecule has 0 heterocycles. The second-order valence-electron chi connectivity index (χ2n) is 8.13. The standard InChI is InChI=1S/C22H33N3O7/c1-15(19(27)23-12-18(26)30-6)24-20(28)17(25(5)21(29)32-22(2,3)4)14-31-13-16-10-8-7-9-11-16/h7-11,15,17H,12-14H2,1-6H3,(H,23,27)(H,24,28)/t15-,17-/m1/s1. The van der Waals surface area contributed by atoms with Crippen molar-refractivity contribution in [1.82, 2.24) is 15.5 Å². The molecular weight excluding hydrogens is 418 g/mol. The molecule has 0 spiro atoms. The molecule has 0 unspecified atom stereocenters. The van der Waals surface area contributed by atoms with Crippen molar-refractivity contribution in [2.24, 2.45) is 0 Å². The van der Waals surface area contributed by atoms with Crippen molar-refractivity contribution >= 4 is 23.9 Å². The summed E-state index contributed by atoms with van der Waals surface area (Å²) in [5.41, 5.74) is 0.153. The van der Waals surface area contributed by atoms with Crippen LogP contribution in [0.2, 0.25) is 0 Å². The lowest BCUT2D eigenvalue weighted by Crippen LogP contribution is -2.55. The number of hydrogen-bond donors (Lipinski definition) is 2. The van der Waals surface area contributed by atoms with Gasteiger partial charge in [0.2, 0.25) is 11.8 Å². The quantitative estimate of drug-likeness (QED) is 0.513. The molecule has 2 atom stereocenters. The molecule has 0 aromatic heterocycles. The number of ether oxygens (including phenoxy) is 3. The predicted octanol–water partition coefficient (Wildman–Crippen LogP) is 1.23. The van der Waals surface area contributed by atoms with Gasteiger partial charge >= 0.3 is 12.1 Å². The van der Waals surface area contributed by atoms with E-state index < -0.39 is 41.6 Å². The first-order valence-electron chi connectivity index (χ1n) is 10.2. The van der Waals surface area contributed by atoms with Gasteiger partial charge in [-0.2, -0.15) is 0 Å². The van der Waals surface area contributed by atoms with Crippen molar-refractivity contribution in [3.8, 4) is 0 Å². The van der Waals surface area contributed by atoms with Crippen LogP contribution in [-0.4, -0.2) is 73.8 Å². The van der Waals surface area contributed by atoms with E-state index in [1.807, 2.05) is 30.3 Å². The molecule has 0 aliphatic rings. The monoisotopic (exact) mass is 451 g/mol. The lowest BCUT2D eigenvalue weighted by atomic mass is 10.2. The van der Waals surface area contributed by atoms with Gasteiger partial charge in [0.05, 0.1) is 20.3 Å². The molecule has 0 saturated heterocycles. The van der Waals surface area contributed by atoms with Crippen LogP contribution in [0.1, 0.15) is 33.3 Å². The molecule has 0 bridgehead atoms. The van der Waals surface area contributed by atoms with Crippen LogP contribution in [0.5, 0.6) is 0 Å². The third kappa shape index (κ3) is 9.78. The first kappa shape index (κ1) is 26.9. The van der Waals surface area contributed by atoms with E-state index in [0.717, 1.165) is 10.5 Å². The third-order valence-electron chi connectivity index (χ3n) is 4.23. The number of nitrogens with zero attached hydrogens (tertiary/aromatic N) is 1. The second kappa shape index (κ2) is 12.7. The fourth-order valence-corrected chi connectivity index (χ4v) is 2.45. The number of hydrogen-bond acceptors (Lipinski definition) is 7. The maximum atomic E-state index is 12.9. The minimum Gasteiger partial charge on any atom is -0.468 e. The molecule has 0 fully saturated rings. The molecule has 0 radical (unpaired) electrons. The van der Waals surface area contributed by atoms with Crippen LogP contribution in [0, 0.1) is 0 Å². The molecule has 1 aromatic rings. The molecule has 10 heteroatoms. The Bertz CT molecular complexity index is 777. The van der Waals surface area contributed by atoms with Gasteiger partial charge in [-0.3, -0.25) is 19.3 Å². The topological polar surface area (TPSA) is 123 Å². The highest BCUT2D eigenvalue weighted by Crippen LogP contribution is 2.12. The summed E-state index contributed by atoms with van der Waals surface area (Å²) in [4.78, 5) is 49.9. The molecule has 0 aliphatic heterocycles. The Morgan fingerprint density at radius 2 is 1.69 bits per heavy atom. The van der Waals surface area contributed by atoms with E-state index in [4.69, 9.17) is 9.47 Å². The Labute approximate surface area is 188 Å². The van der Waals surface area contributed by atoms with Crippen LogP contribution in [0.4, 0.5) is 4.79 Å². The zero-order chi connectivity index (χ0) is 24.3. The highest BCUT2D eigenvalue weighted by Gasteiger charge is 2.32. The fraction of sp³-hybridized carbons (Fsp3) is 0.545. The van der Waals surface area contributed by atoms with E-state index in [1.165, 1.54) is 21.1 Å². The number of benzene rings is 1. The largest absolute Gasteiger partial charge is 0.468 e. The van der Waals surface area contributed by atoms with Gasteiger partial charge in [-0.25, -0.2) is 4.79 Å². The molecule has 10 nitrogen and oxygen atoms in total. The molecule has 32 heavy (non-hydrogen) atoms. The summed E-state index contributed by atoms with van der Waals surface area (Å²) in [6.45, 7) is 6.40. The van der Waals surface area contributed by atoms with Crippen molar-refractivity contribution < 1.29 is 33.4 Å². The molecule has 1 aromatic carbocycles. The summed E-state index contributed by atoms with van der Waals surface area (Å²) < 4.78 is 15.5. The average Bonchev–Trinajstić information content (AvgIpc) is 2.73. The molecule has 0 saturated carbocycles. The summed E-state index contributed by atoms with van der Waals surface area (Å²) in [5, 5.41) is 4.90. The first-order valence-corrected chi connectivity index (χ1v) is 10.2. The van der Waals surface area contributed by atoms with E-state index in [2.05, 4.69) is 15.4 Å². The number of esters is 1. The molecular formula is C22H33N3O7. The Morgan fingerprint density at radius 1 is 1.06 bits per heavy atom. The van der Waals surface area contributed by atoms with Gasteiger partial charge in [-0.1, -0.05) is 30.3 Å². The number of amides is 3. The van der Waals surface area contributed by atoms with Crippen molar-refractivity contribution in [2.75, 3.05) is 27.3 Å². The molecule has 3 amide bonds. The summed E-state index contributed by atoms with van der Waals surface area (Å²) >= 11 is 0. The normalized spacial score (nSPS) is 12.8. The van der Waals surface area contributed by atoms with Crippen molar-refractivity contribution in [2.45, 2.75) is 52.0 Å². The number of rotatable bonds is 10. The average molecular weight is 452 g/mol. The minimum absolute atomic E-state index is 0.118. The molecule has 1 rings (SSSR count). The van der Waals surface area contributed by atoms with E-state index >= 15 is 0 Å².